The number of rotatable bonds is 7. The first-order chi connectivity index (χ1) is 16.7. The van der Waals surface area contributed by atoms with Crippen LogP contribution in [0.2, 0.25) is 5.02 Å². The second-order valence-electron chi connectivity index (χ2n) is 7.97. The molecule has 6 nitrogen and oxygen atoms in total. The van der Waals surface area contributed by atoms with Gasteiger partial charge in [-0.1, -0.05) is 23.7 Å². The zero-order valence-corrected chi connectivity index (χ0v) is 19.8. The molecule has 0 bridgehead atoms. The number of ether oxygens (including phenoxy) is 1. The van der Waals surface area contributed by atoms with Crippen LogP contribution >= 0.6 is 11.6 Å². The fourth-order valence-electron chi connectivity index (χ4n) is 3.78. The lowest BCUT2D eigenvalue weighted by molar-refractivity contribution is -0.114. The Morgan fingerprint density at radius 2 is 1.77 bits per heavy atom. The molecule has 35 heavy (non-hydrogen) atoms. The molecule has 4 rings (SSSR count). The van der Waals surface area contributed by atoms with Crippen molar-refractivity contribution in [2.24, 2.45) is 0 Å². The Bertz CT molecular complexity index is 1410. The van der Waals surface area contributed by atoms with Crippen molar-refractivity contribution in [3.63, 3.8) is 0 Å². The minimum Gasteiger partial charge on any atom is -0.488 e. The third kappa shape index (κ3) is 5.36. The normalized spacial score (nSPS) is 10.7. The highest BCUT2D eigenvalue weighted by Crippen LogP contribution is 2.37. The first-order valence-corrected chi connectivity index (χ1v) is 11.1. The van der Waals surface area contributed by atoms with E-state index < -0.39 is 5.97 Å². The van der Waals surface area contributed by atoms with Gasteiger partial charge in [-0.15, -0.1) is 0 Å². The van der Waals surface area contributed by atoms with Gasteiger partial charge in [0.1, 0.15) is 18.2 Å². The summed E-state index contributed by atoms with van der Waals surface area (Å²) in [5, 5.41) is 12.8. The average Bonchev–Trinajstić information content (AvgIpc) is 3.20. The van der Waals surface area contributed by atoms with Crippen molar-refractivity contribution in [3.05, 3.63) is 100 Å². The Hall–Kier alpha value is -4.10. The molecule has 2 N–H and O–H groups in total. The molecule has 0 aliphatic heterocycles. The maximum Gasteiger partial charge on any atom is 0.335 e. The van der Waals surface area contributed by atoms with E-state index in [1.807, 2.05) is 23.6 Å². The van der Waals surface area contributed by atoms with Crippen LogP contribution in [-0.4, -0.2) is 21.6 Å². The van der Waals surface area contributed by atoms with Crippen molar-refractivity contribution in [1.82, 2.24) is 4.57 Å². The van der Waals surface area contributed by atoms with Crippen molar-refractivity contribution in [1.29, 1.82) is 0 Å². The molecule has 0 radical (unpaired) electrons. The van der Waals surface area contributed by atoms with Gasteiger partial charge in [0, 0.05) is 23.2 Å². The molecule has 0 saturated carbocycles. The molecule has 0 unspecified atom stereocenters. The number of aryl methyl sites for hydroxylation is 1. The topological polar surface area (TPSA) is 80.6 Å². The molecule has 0 saturated heterocycles. The van der Waals surface area contributed by atoms with Gasteiger partial charge in [-0.2, -0.15) is 0 Å². The molecule has 3 aromatic carbocycles. The lowest BCUT2D eigenvalue weighted by Gasteiger charge is -2.19. The molecular formula is C27H22ClFN2O4. The summed E-state index contributed by atoms with van der Waals surface area (Å²) in [6.45, 7) is 3.47. The van der Waals surface area contributed by atoms with Crippen LogP contribution in [0.1, 0.15) is 28.5 Å². The quantitative estimate of drug-likeness (QED) is 0.309. The summed E-state index contributed by atoms with van der Waals surface area (Å²) in [5.41, 5.74) is 3.97. The number of nitrogens with zero attached hydrogens (tertiary/aromatic N) is 1. The summed E-state index contributed by atoms with van der Waals surface area (Å²) >= 11 is 6.33. The molecular weight excluding hydrogens is 471 g/mol. The number of nitrogens with one attached hydrogen (secondary N) is 1. The average molecular weight is 493 g/mol. The van der Waals surface area contributed by atoms with E-state index in [9.17, 15) is 19.1 Å². The van der Waals surface area contributed by atoms with Gasteiger partial charge in [-0.05, 0) is 73.2 Å². The monoisotopic (exact) mass is 492 g/mol. The van der Waals surface area contributed by atoms with Crippen molar-refractivity contribution in [2.75, 3.05) is 5.32 Å². The Morgan fingerprint density at radius 3 is 2.46 bits per heavy atom. The summed E-state index contributed by atoms with van der Waals surface area (Å²) in [7, 11) is 0. The van der Waals surface area contributed by atoms with Gasteiger partial charge in [-0.25, -0.2) is 9.18 Å². The molecule has 178 valence electrons. The third-order valence-electron chi connectivity index (χ3n) is 5.40. The number of anilines is 1. The zero-order valence-electron chi connectivity index (χ0n) is 19.0. The number of carboxylic acids is 1. The fourth-order valence-corrected chi connectivity index (χ4v) is 3.96. The Balaban J connectivity index is 1.82. The van der Waals surface area contributed by atoms with Crippen molar-refractivity contribution < 1.29 is 23.8 Å². The number of benzene rings is 3. The largest absolute Gasteiger partial charge is 0.488 e. The molecule has 0 fully saturated rings. The second-order valence-corrected chi connectivity index (χ2v) is 8.41. The van der Waals surface area contributed by atoms with E-state index in [0.29, 0.717) is 33.4 Å². The standard InChI is InChI=1S/C27H22ClFN2O4/c1-16-3-11-24(31(16)25-13-19(27(33)34)6-10-23(25)30-17(2)32)22-14-20(28)7-12-26(22)35-15-18-4-8-21(29)9-5-18/h3-14H,15H2,1-2H3,(H,30,32)(H,33,34). The second kappa shape index (κ2) is 10.0. The van der Waals surface area contributed by atoms with Crippen LogP contribution in [0.5, 0.6) is 5.75 Å². The minimum absolute atomic E-state index is 0.0760. The smallest absolute Gasteiger partial charge is 0.335 e. The van der Waals surface area contributed by atoms with Gasteiger partial charge in [0.2, 0.25) is 5.91 Å². The van der Waals surface area contributed by atoms with Gasteiger partial charge in [0.25, 0.3) is 0 Å². The highest BCUT2D eigenvalue weighted by atomic mass is 35.5. The van der Waals surface area contributed by atoms with Crippen LogP contribution in [0.4, 0.5) is 10.1 Å². The van der Waals surface area contributed by atoms with Gasteiger partial charge >= 0.3 is 5.97 Å². The van der Waals surface area contributed by atoms with Crippen molar-refractivity contribution >= 4 is 29.2 Å². The maximum atomic E-state index is 13.3. The van der Waals surface area contributed by atoms with Crippen LogP contribution in [0.15, 0.2) is 72.8 Å². The third-order valence-corrected chi connectivity index (χ3v) is 5.63. The van der Waals surface area contributed by atoms with E-state index in [-0.39, 0.29) is 23.9 Å². The van der Waals surface area contributed by atoms with Gasteiger partial charge in [0.05, 0.1) is 22.6 Å². The fraction of sp³-hybridized carbons (Fsp3) is 0.111. The number of carbonyl (C=O) groups is 2. The molecule has 1 heterocycles. The molecule has 4 aromatic rings. The molecule has 0 aliphatic carbocycles. The Kier molecular flexibility index (Phi) is 6.89. The van der Waals surface area contributed by atoms with E-state index in [4.69, 9.17) is 16.3 Å². The van der Waals surface area contributed by atoms with E-state index in [2.05, 4.69) is 5.32 Å². The first kappa shape index (κ1) is 24.0. The Morgan fingerprint density at radius 1 is 1.03 bits per heavy atom. The van der Waals surface area contributed by atoms with Crippen molar-refractivity contribution in [3.8, 4) is 22.7 Å². The van der Waals surface area contributed by atoms with E-state index in [1.54, 1.807) is 36.4 Å². The number of halogens is 2. The number of carboxylic acid groups (broad SMARTS) is 1. The predicted molar refractivity (Wildman–Crippen MR) is 133 cm³/mol. The van der Waals surface area contributed by atoms with Gasteiger partial charge in [-0.3, -0.25) is 4.79 Å². The lowest BCUT2D eigenvalue weighted by Crippen LogP contribution is -2.12. The molecule has 1 amide bonds. The van der Waals surface area contributed by atoms with E-state index in [0.717, 1.165) is 11.3 Å². The summed E-state index contributed by atoms with van der Waals surface area (Å²) < 4.78 is 21.2. The highest BCUT2D eigenvalue weighted by molar-refractivity contribution is 6.31. The van der Waals surface area contributed by atoms with Gasteiger partial charge < -0.3 is 19.7 Å². The number of hydrogen-bond donors (Lipinski definition) is 2. The summed E-state index contributed by atoms with van der Waals surface area (Å²) in [6, 6.07) is 19.5. The number of hydrogen-bond acceptors (Lipinski definition) is 3. The maximum absolute atomic E-state index is 13.3. The number of carbonyl (C=O) groups excluding carboxylic acids is 1. The van der Waals surface area contributed by atoms with Gasteiger partial charge in [0.15, 0.2) is 0 Å². The van der Waals surface area contributed by atoms with Crippen LogP contribution in [-0.2, 0) is 11.4 Å². The SMILES string of the molecule is CC(=O)Nc1ccc(C(=O)O)cc1-n1c(C)ccc1-c1cc(Cl)ccc1OCc1ccc(F)cc1. The first-order valence-electron chi connectivity index (χ1n) is 10.7. The van der Waals surface area contributed by atoms with Crippen LogP contribution < -0.4 is 10.1 Å². The minimum atomic E-state index is -1.09. The lowest BCUT2D eigenvalue weighted by atomic mass is 10.1. The Labute approximate surface area is 206 Å². The molecule has 0 atom stereocenters. The summed E-state index contributed by atoms with van der Waals surface area (Å²) in [5.74, 6) is -1.16. The van der Waals surface area contributed by atoms with Crippen molar-refractivity contribution in [2.45, 2.75) is 20.5 Å². The number of aromatic carboxylic acids is 1. The summed E-state index contributed by atoms with van der Waals surface area (Å²) in [4.78, 5) is 23.5. The molecule has 0 spiro atoms. The number of aromatic nitrogens is 1. The highest BCUT2D eigenvalue weighted by Gasteiger charge is 2.19. The zero-order chi connectivity index (χ0) is 25.1. The molecule has 0 aliphatic rings. The van der Waals surface area contributed by atoms with Crippen LogP contribution in [0.3, 0.4) is 0 Å². The van der Waals surface area contributed by atoms with Crippen LogP contribution in [0.25, 0.3) is 16.9 Å². The van der Waals surface area contributed by atoms with Crippen LogP contribution in [0, 0.1) is 12.7 Å². The summed E-state index contributed by atoms with van der Waals surface area (Å²) in [6.07, 6.45) is 0. The van der Waals surface area contributed by atoms with E-state index in [1.165, 1.54) is 31.2 Å². The number of amides is 1. The molecule has 1 aromatic heterocycles. The molecule has 8 heteroatoms. The van der Waals surface area contributed by atoms with E-state index >= 15 is 0 Å². The predicted octanol–water partition coefficient (Wildman–Crippen LogP) is 6.48.